The van der Waals surface area contributed by atoms with E-state index in [1.165, 1.54) is 12.8 Å². The van der Waals surface area contributed by atoms with E-state index in [-0.39, 0.29) is 5.69 Å². The molecule has 0 bridgehead atoms. The van der Waals surface area contributed by atoms with Crippen LogP contribution in [-0.2, 0) is 13.6 Å². The van der Waals surface area contributed by atoms with Gasteiger partial charge in [0, 0.05) is 13.6 Å². The van der Waals surface area contributed by atoms with Crippen LogP contribution in [0.25, 0.3) is 22.2 Å². The van der Waals surface area contributed by atoms with Gasteiger partial charge in [0.2, 0.25) is 0 Å². The average Bonchev–Trinajstić information content (AvgIpc) is 2.89. The van der Waals surface area contributed by atoms with E-state index in [1.54, 1.807) is 4.57 Å². The normalized spacial score (nSPS) is 10.9. The molecular weight excluding hydrogens is 310 g/mol. The van der Waals surface area contributed by atoms with E-state index in [0.717, 1.165) is 41.5 Å². The van der Waals surface area contributed by atoms with Crippen molar-refractivity contribution in [2.75, 3.05) is 0 Å². The zero-order chi connectivity index (χ0) is 17.8. The number of fused-ring (bicyclic) bond motifs is 1. The fraction of sp³-hybridized carbons (Fsp3) is 0.333. The van der Waals surface area contributed by atoms with Crippen molar-refractivity contribution in [2.45, 2.75) is 39.2 Å². The molecule has 3 rings (SSSR count). The number of aryl methyl sites for hydroxylation is 2. The first-order chi connectivity index (χ1) is 12.2. The summed E-state index contributed by atoms with van der Waals surface area (Å²) >= 11 is 0. The Morgan fingerprint density at radius 2 is 1.84 bits per heavy atom. The number of rotatable bonds is 6. The van der Waals surface area contributed by atoms with Gasteiger partial charge in [0.25, 0.3) is 0 Å². The maximum atomic E-state index is 12.6. The average molecular weight is 333 g/mol. The Morgan fingerprint density at radius 1 is 1.04 bits per heavy atom. The van der Waals surface area contributed by atoms with E-state index in [4.69, 9.17) is 0 Å². The lowest BCUT2D eigenvalue weighted by Crippen LogP contribution is -2.22. The number of benzene rings is 2. The second kappa shape index (κ2) is 7.40. The highest BCUT2D eigenvalue weighted by molar-refractivity contribution is 5.84. The predicted molar refractivity (Wildman–Crippen MR) is 101 cm³/mol. The largest absolute Gasteiger partial charge is 0.328 e. The standard InChI is InChI=1S/C21H23N3O/c1-3-4-5-8-13-24-19-12-11-16(14-20(19)23(2)21(24)25)18-10-7-6-9-17(18)15-22/h6-7,9-12,14H,3-5,8,13H2,1-2H3. The van der Waals surface area contributed by atoms with Gasteiger partial charge >= 0.3 is 5.69 Å². The van der Waals surface area contributed by atoms with Gasteiger partial charge in [-0.25, -0.2) is 4.79 Å². The molecule has 0 saturated carbocycles. The van der Waals surface area contributed by atoms with Crippen LogP contribution in [0.15, 0.2) is 47.3 Å². The molecule has 0 N–H and O–H groups in total. The molecule has 0 unspecified atom stereocenters. The van der Waals surface area contributed by atoms with Gasteiger partial charge in [0.15, 0.2) is 0 Å². The van der Waals surface area contributed by atoms with Crippen LogP contribution >= 0.6 is 0 Å². The highest BCUT2D eigenvalue weighted by Gasteiger charge is 2.12. The number of aromatic nitrogens is 2. The number of hydrogen-bond acceptors (Lipinski definition) is 2. The molecule has 0 atom stereocenters. The highest BCUT2D eigenvalue weighted by atomic mass is 16.1. The molecule has 3 aromatic rings. The fourth-order valence-corrected chi connectivity index (χ4v) is 3.32. The minimum absolute atomic E-state index is 0.0252. The maximum absolute atomic E-state index is 12.6. The van der Waals surface area contributed by atoms with E-state index < -0.39 is 0 Å². The van der Waals surface area contributed by atoms with Crippen LogP contribution in [0, 0.1) is 11.3 Å². The van der Waals surface area contributed by atoms with Crippen molar-refractivity contribution < 1.29 is 0 Å². The number of imidazole rings is 1. The molecule has 0 radical (unpaired) electrons. The lowest BCUT2D eigenvalue weighted by atomic mass is 10.00. The first-order valence-corrected chi connectivity index (χ1v) is 8.86. The Bertz CT molecular complexity index is 989. The molecule has 4 heteroatoms. The molecule has 4 nitrogen and oxygen atoms in total. The van der Waals surface area contributed by atoms with Gasteiger partial charge in [0.1, 0.15) is 0 Å². The van der Waals surface area contributed by atoms with Gasteiger partial charge in [-0.1, -0.05) is 50.5 Å². The topological polar surface area (TPSA) is 50.7 Å². The van der Waals surface area contributed by atoms with E-state index in [2.05, 4.69) is 13.0 Å². The zero-order valence-corrected chi connectivity index (χ0v) is 14.8. The van der Waals surface area contributed by atoms with Crippen molar-refractivity contribution in [1.29, 1.82) is 5.26 Å². The first kappa shape index (κ1) is 17.0. The first-order valence-electron chi connectivity index (χ1n) is 8.86. The number of nitriles is 1. The molecule has 0 spiro atoms. The summed E-state index contributed by atoms with van der Waals surface area (Å²) in [6, 6.07) is 15.8. The molecule has 1 aromatic heterocycles. The van der Waals surface area contributed by atoms with Crippen LogP contribution < -0.4 is 5.69 Å². The van der Waals surface area contributed by atoms with Gasteiger partial charge in [-0.05, 0) is 35.7 Å². The summed E-state index contributed by atoms with van der Waals surface area (Å²) in [5.74, 6) is 0. The zero-order valence-electron chi connectivity index (χ0n) is 14.8. The van der Waals surface area contributed by atoms with E-state index in [1.807, 2.05) is 54.1 Å². The Morgan fingerprint density at radius 3 is 2.60 bits per heavy atom. The third-order valence-electron chi connectivity index (χ3n) is 4.74. The lowest BCUT2D eigenvalue weighted by Gasteiger charge is -2.06. The Hall–Kier alpha value is -2.80. The molecule has 0 fully saturated rings. The van der Waals surface area contributed by atoms with Crippen LogP contribution in [0.5, 0.6) is 0 Å². The minimum Gasteiger partial charge on any atom is -0.295 e. The van der Waals surface area contributed by atoms with Gasteiger partial charge < -0.3 is 0 Å². The Labute approximate surface area is 147 Å². The van der Waals surface area contributed by atoms with Crippen molar-refractivity contribution in [3.05, 3.63) is 58.5 Å². The molecule has 1 heterocycles. The van der Waals surface area contributed by atoms with Crippen LogP contribution in [0.3, 0.4) is 0 Å². The summed E-state index contributed by atoms with van der Waals surface area (Å²) in [7, 11) is 1.81. The van der Waals surface area contributed by atoms with Crippen LogP contribution in [0.4, 0.5) is 0 Å². The molecule has 0 aliphatic heterocycles. The van der Waals surface area contributed by atoms with Crippen molar-refractivity contribution in [3.63, 3.8) is 0 Å². The lowest BCUT2D eigenvalue weighted by molar-refractivity contribution is 0.573. The quantitative estimate of drug-likeness (QED) is 0.625. The van der Waals surface area contributed by atoms with Gasteiger partial charge in [-0.2, -0.15) is 5.26 Å². The van der Waals surface area contributed by atoms with Gasteiger partial charge in [-0.15, -0.1) is 0 Å². The minimum atomic E-state index is 0.0252. The molecule has 128 valence electrons. The van der Waals surface area contributed by atoms with Crippen molar-refractivity contribution in [1.82, 2.24) is 9.13 Å². The second-order valence-corrected chi connectivity index (χ2v) is 6.41. The van der Waals surface area contributed by atoms with E-state index >= 15 is 0 Å². The summed E-state index contributed by atoms with van der Waals surface area (Å²) < 4.78 is 3.57. The summed E-state index contributed by atoms with van der Waals surface area (Å²) in [6.07, 6.45) is 4.56. The molecule has 0 amide bonds. The van der Waals surface area contributed by atoms with Gasteiger partial charge in [0.05, 0.1) is 22.7 Å². The summed E-state index contributed by atoms with van der Waals surface area (Å²) in [5.41, 5.74) is 4.40. The molecule has 25 heavy (non-hydrogen) atoms. The third kappa shape index (κ3) is 3.23. The summed E-state index contributed by atoms with van der Waals surface area (Å²) in [6.45, 7) is 2.94. The van der Waals surface area contributed by atoms with Gasteiger partial charge in [-0.3, -0.25) is 9.13 Å². The summed E-state index contributed by atoms with van der Waals surface area (Å²) in [4.78, 5) is 12.6. The molecule has 0 saturated heterocycles. The van der Waals surface area contributed by atoms with Crippen molar-refractivity contribution >= 4 is 11.0 Å². The monoisotopic (exact) mass is 333 g/mol. The smallest absolute Gasteiger partial charge is 0.295 e. The molecular formula is C21H23N3O. The SMILES string of the molecule is CCCCCCn1c(=O)n(C)c2cc(-c3ccccc3C#N)ccc21. The predicted octanol–water partition coefficient (Wildman–Crippen LogP) is 4.46. The second-order valence-electron chi connectivity index (χ2n) is 6.41. The number of nitrogens with zero attached hydrogens (tertiary/aromatic N) is 3. The third-order valence-corrected chi connectivity index (χ3v) is 4.74. The Kier molecular flexibility index (Phi) is 5.04. The Balaban J connectivity index is 2.03. The summed E-state index contributed by atoms with van der Waals surface area (Å²) in [5, 5.41) is 9.33. The van der Waals surface area contributed by atoms with E-state index in [9.17, 15) is 10.1 Å². The molecule has 0 aliphatic carbocycles. The molecule has 2 aromatic carbocycles. The fourth-order valence-electron chi connectivity index (χ4n) is 3.32. The van der Waals surface area contributed by atoms with Crippen molar-refractivity contribution in [3.8, 4) is 17.2 Å². The maximum Gasteiger partial charge on any atom is 0.328 e. The highest BCUT2D eigenvalue weighted by Crippen LogP contribution is 2.26. The van der Waals surface area contributed by atoms with Crippen LogP contribution in [0.2, 0.25) is 0 Å². The van der Waals surface area contributed by atoms with E-state index in [0.29, 0.717) is 5.56 Å². The van der Waals surface area contributed by atoms with Crippen molar-refractivity contribution in [2.24, 2.45) is 7.05 Å². The van der Waals surface area contributed by atoms with Crippen LogP contribution in [-0.4, -0.2) is 9.13 Å². The van der Waals surface area contributed by atoms with Crippen LogP contribution in [0.1, 0.15) is 38.2 Å². The number of unbranched alkanes of at least 4 members (excludes halogenated alkanes) is 3. The molecule has 0 aliphatic rings. The number of hydrogen-bond donors (Lipinski definition) is 0.